The van der Waals surface area contributed by atoms with Gasteiger partial charge in [-0.25, -0.2) is 0 Å². The second kappa shape index (κ2) is 5.98. The second-order valence-corrected chi connectivity index (χ2v) is 1.85. The highest BCUT2D eigenvalue weighted by Crippen LogP contribution is 1.87. The van der Waals surface area contributed by atoms with E-state index in [0.29, 0.717) is 6.54 Å². The zero-order valence-electron chi connectivity index (χ0n) is 4.42. The molecule has 0 rings (SSSR count). The van der Waals surface area contributed by atoms with Crippen molar-refractivity contribution in [3.63, 3.8) is 0 Å². The molecule has 0 amide bonds. The molecule has 0 spiro atoms. The standard InChI is InChI=1S/C4H10N2S/c1-7-4-6-3-2-5/h3H,2,4-5H2,1H3. The van der Waals surface area contributed by atoms with Crippen LogP contribution in [0, 0.1) is 0 Å². The van der Waals surface area contributed by atoms with Gasteiger partial charge in [0.1, 0.15) is 0 Å². The number of nitrogens with two attached hydrogens (primary N) is 1. The summed E-state index contributed by atoms with van der Waals surface area (Å²) in [7, 11) is 0. The number of nitrogens with zero attached hydrogens (tertiary/aromatic N) is 1. The van der Waals surface area contributed by atoms with Crippen LogP contribution in [0.1, 0.15) is 0 Å². The molecule has 0 bridgehead atoms. The van der Waals surface area contributed by atoms with Crippen molar-refractivity contribution in [3.8, 4) is 0 Å². The molecular formula is C4H10N2S. The molecule has 0 radical (unpaired) electrons. The summed E-state index contributed by atoms with van der Waals surface area (Å²) >= 11 is 1.69. The molecule has 2 N–H and O–H groups in total. The van der Waals surface area contributed by atoms with Crippen LogP contribution in [0.2, 0.25) is 0 Å². The number of aliphatic imine (C=N–C) groups is 1. The summed E-state index contributed by atoms with van der Waals surface area (Å²) in [6.45, 7) is 0.556. The Bertz CT molecular complexity index is 53.7. The molecule has 3 heteroatoms. The first kappa shape index (κ1) is 6.98. The van der Waals surface area contributed by atoms with Crippen molar-refractivity contribution in [2.24, 2.45) is 10.7 Å². The van der Waals surface area contributed by atoms with E-state index < -0.39 is 0 Å². The largest absolute Gasteiger partial charge is 0.326 e. The SMILES string of the molecule is CSCN=CCN. The van der Waals surface area contributed by atoms with Crippen molar-refractivity contribution >= 4 is 18.0 Å². The molecule has 0 aromatic carbocycles. The highest BCUT2D eigenvalue weighted by Gasteiger charge is 1.67. The van der Waals surface area contributed by atoms with Crippen LogP contribution in [0.5, 0.6) is 0 Å². The van der Waals surface area contributed by atoms with Gasteiger partial charge in [-0.1, -0.05) is 0 Å². The van der Waals surface area contributed by atoms with Crippen molar-refractivity contribution in [3.05, 3.63) is 0 Å². The Hall–Kier alpha value is -0.0200. The quantitative estimate of drug-likeness (QED) is 0.542. The Morgan fingerprint density at radius 3 is 3.00 bits per heavy atom. The molecule has 0 heterocycles. The molecule has 2 nitrogen and oxygen atoms in total. The highest BCUT2D eigenvalue weighted by atomic mass is 32.2. The molecule has 0 aliphatic rings. The Morgan fingerprint density at radius 2 is 2.57 bits per heavy atom. The average molecular weight is 118 g/mol. The van der Waals surface area contributed by atoms with Crippen LogP contribution in [-0.2, 0) is 0 Å². The van der Waals surface area contributed by atoms with E-state index in [-0.39, 0.29) is 0 Å². The van der Waals surface area contributed by atoms with E-state index >= 15 is 0 Å². The lowest BCUT2D eigenvalue weighted by Gasteiger charge is -1.81. The van der Waals surface area contributed by atoms with E-state index in [4.69, 9.17) is 5.73 Å². The molecule has 0 aromatic rings. The molecule has 42 valence electrons. The molecule has 0 aliphatic heterocycles. The minimum Gasteiger partial charge on any atom is -0.326 e. The van der Waals surface area contributed by atoms with Gasteiger partial charge in [0.15, 0.2) is 0 Å². The van der Waals surface area contributed by atoms with E-state index in [1.807, 2.05) is 6.26 Å². The lowest BCUT2D eigenvalue weighted by atomic mass is 10.8. The third-order valence-electron chi connectivity index (χ3n) is 0.438. The summed E-state index contributed by atoms with van der Waals surface area (Å²) in [5.74, 6) is 0.831. The van der Waals surface area contributed by atoms with Crippen LogP contribution < -0.4 is 5.73 Å². The number of hydrogen-bond acceptors (Lipinski definition) is 3. The van der Waals surface area contributed by atoms with Gasteiger partial charge in [-0.15, -0.1) is 11.8 Å². The number of thioether (sulfide) groups is 1. The maximum atomic E-state index is 5.11. The maximum absolute atomic E-state index is 5.11. The second-order valence-electron chi connectivity index (χ2n) is 1.02. The smallest absolute Gasteiger partial charge is 0.0837 e. The Morgan fingerprint density at radius 1 is 1.86 bits per heavy atom. The third kappa shape index (κ3) is 5.98. The van der Waals surface area contributed by atoms with E-state index in [2.05, 4.69) is 4.99 Å². The Labute approximate surface area is 48.2 Å². The fourth-order valence-electron chi connectivity index (χ4n) is 0.202. The highest BCUT2D eigenvalue weighted by molar-refractivity contribution is 7.98. The normalized spacial score (nSPS) is 10.6. The summed E-state index contributed by atoms with van der Waals surface area (Å²) in [4.78, 5) is 3.92. The van der Waals surface area contributed by atoms with Crippen LogP contribution in [0.4, 0.5) is 0 Å². The lowest BCUT2D eigenvalue weighted by Crippen LogP contribution is -1.98. The van der Waals surface area contributed by atoms with E-state index in [0.717, 1.165) is 5.88 Å². The van der Waals surface area contributed by atoms with E-state index in [1.165, 1.54) is 0 Å². The van der Waals surface area contributed by atoms with Gasteiger partial charge in [0, 0.05) is 12.8 Å². The molecule has 0 saturated carbocycles. The molecular weight excluding hydrogens is 108 g/mol. The van der Waals surface area contributed by atoms with E-state index in [1.54, 1.807) is 18.0 Å². The van der Waals surface area contributed by atoms with Crippen molar-refractivity contribution in [1.29, 1.82) is 0 Å². The minimum absolute atomic E-state index is 0.556. The molecule has 0 aromatic heterocycles. The predicted molar refractivity (Wildman–Crippen MR) is 35.9 cm³/mol. The first-order valence-corrected chi connectivity index (χ1v) is 3.48. The first-order valence-electron chi connectivity index (χ1n) is 2.09. The molecule has 0 unspecified atom stereocenters. The van der Waals surface area contributed by atoms with Crippen LogP contribution in [0.15, 0.2) is 4.99 Å². The zero-order valence-corrected chi connectivity index (χ0v) is 5.24. The molecule has 0 atom stereocenters. The van der Waals surface area contributed by atoms with Crippen molar-refractivity contribution in [2.45, 2.75) is 0 Å². The summed E-state index contributed by atoms with van der Waals surface area (Å²) in [5, 5.41) is 0. The van der Waals surface area contributed by atoms with Crippen molar-refractivity contribution in [2.75, 3.05) is 18.7 Å². The topological polar surface area (TPSA) is 38.4 Å². The monoisotopic (exact) mass is 118 g/mol. The fraction of sp³-hybridized carbons (Fsp3) is 0.750. The van der Waals surface area contributed by atoms with E-state index in [9.17, 15) is 0 Å². The summed E-state index contributed by atoms with van der Waals surface area (Å²) in [5.41, 5.74) is 5.11. The Balaban J connectivity index is 2.78. The van der Waals surface area contributed by atoms with Crippen molar-refractivity contribution in [1.82, 2.24) is 0 Å². The van der Waals surface area contributed by atoms with Gasteiger partial charge in [-0.3, -0.25) is 4.99 Å². The summed E-state index contributed by atoms with van der Waals surface area (Å²) in [6, 6.07) is 0. The fourth-order valence-corrected chi connectivity index (χ4v) is 0.456. The van der Waals surface area contributed by atoms with Crippen LogP contribution in [0.25, 0.3) is 0 Å². The molecule has 0 fully saturated rings. The predicted octanol–water partition coefficient (Wildman–Crippen LogP) is 0.336. The van der Waals surface area contributed by atoms with Gasteiger partial charge >= 0.3 is 0 Å². The molecule has 0 saturated heterocycles. The van der Waals surface area contributed by atoms with Gasteiger partial charge in [0.25, 0.3) is 0 Å². The third-order valence-corrected chi connectivity index (χ3v) is 0.845. The van der Waals surface area contributed by atoms with Crippen molar-refractivity contribution < 1.29 is 0 Å². The van der Waals surface area contributed by atoms with Crippen LogP contribution in [-0.4, -0.2) is 24.9 Å². The Kier molecular flexibility index (Phi) is 5.96. The lowest BCUT2D eigenvalue weighted by molar-refractivity contribution is 1.29. The molecule has 0 aliphatic carbocycles. The van der Waals surface area contributed by atoms with Gasteiger partial charge in [-0.2, -0.15) is 0 Å². The van der Waals surface area contributed by atoms with Gasteiger partial charge in [0.2, 0.25) is 0 Å². The molecule has 7 heavy (non-hydrogen) atoms. The maximum Gasteiger partial charge on any atom is 0.0837 e. The average Bonchev–Trinajstić information content (AvgIpc) is 1.69. The zero-order chi connectivity index (χ0) is 5.54. The first-order chi connectivity index (χ1) is 3.41. The minimum atomic E-state index is 0.556. The van der Waals surface area contributed by atoms with Crippen LogP contribution >= 0.6 is 11.8 Å². The van der Waals surface area contributed by atoms with Gasteiger partial charge in [0.05, 0.1) is 5.88 Å². The van der Waals surface area contributed by atoms with Gasteiger partial charge < -0.3 is 5.73 Å². The van der Waals surface area contributed by atoms with Gasteiger partial charge in [-0.05, 0) is 6.26 Å². The summed E-state index contributed by atoms with van der Waals surface area (Å²) < 4.78 is 0. The number of hydrogen-bond donors (Lipinski definition) is 1. The summed E-state index contributed by atoms with van der Waals surface area (Å²) in [6.07, 6.45) is 3.73. The van der Waals surface area contributed by atoms with Crippen LogP contribution in [0.3, 0.4) is 0 Å². The number of rotatable bonds is 3.